The zero-order valence-corrected chi connectivity index (χ0v) is 24.1. The van der Waals surface area contributed by atoms with E-state index in [2.05, 4.69) is 29.6 Å². The lowest BCUT2D eigenvalue weighted by Gasteiger charge is -2.19. The number of hydrogen-bond donors (Lipinski definition) is 1. The van der Waals surface area contributed by atoms with Crippen LogP contribution in [0.25, 0.3) is 22.6 Å². The van der Waals surface area contributed by atoms with Crippen LogP contribution in [0.2, 0.25) is 30.8 Å². The van der Waals surface area contributed by atoms with Crippen LogP contribution < -0.4 is 4.74 Å². The molecule has 0 atom stereocenters. The summed E-state index contributed by atoms with van der Waals surface area (Å²) in [5, 5.41) is 9.63. The first-order valence-corrected chi connectivity index (χ1v) is 16.2. The number of pyridine rings is 1. The Labute approximate surface area is 224 Å². The van der Waals surface area contributed by atoms with E-state index in [1.807, 2.05) is 41.0 Å². The number of halogens is 1. The van der Waals surface area contributed by atoms with E-state index in [1.54, 1.807) is 27.2 Å². The van der Waals surface area contributed by atoms with E-state index in [0.717, 1.165) is 28.6 Å². The Morgan fingerprint density at radius 3 is 2.35 bits per heavy atom. The largest absolute Gasteiger partial charge is 0.492 e. The molecule has 0 radical (unpaired) electrons. The summed E-state index contributed by atoms with van der Waals surface area (Å²) in [7, 11) is 0.425. The molecule has 1 aromatic carbocycles. The van der Waals surface area contributed by atoms with Gasteiger partial charge < -0.3 is 23.9 Å². The van der Waals surface area contributed by atoms with Crippen molar-refractivity contribution in [2.45, 2.75) is 52.9 Å². The lowest BCUT2D eigenvalue weighted by Crippen LogP contribution is -2.30. The average Bonchev–Trinajstić information content (AvgIpc) is 3.15. The van der Waals surface area contributed by atoms with Crippen molar-refractivity contribution in [1.29, 1.82) is 0 Å². The molecule has 1 N–H and O–H groups in total. The van der Waals surface area contributed by atoms with Gasteiger partial charge in [0.15, 0.2) is 5.15 Å². The molecule has 10 heteroatoms. The molecule has 0 aliphatic carbocycles. The first-order valence-electron chi connectivity index (χ1n) is 12.2. The van der Waals surface area contributed by atoms with Crippen LogP contribution in [0.15, 0.2) is 42.6 Å². The number of nitrogens with zero attached hydrogens (tertiary/aromatic N) is 3. The van der Waals surface area contributed by atoms with Gasteiger partial charge in [-0.25, -0.2) is 4.98 Å². The molecule has 0 aliphatic rings. The van der Waals surface area contributed by atoms with E-state index in [0.29, 0.717) is 36.7 Å². The zero-order valence-electron chi connectivity index (χ0n) is 22.4. The number of carboxylic acid groups (broad SMARTS) is 1. The van der Waals surface area contributed by atoms with Gasteiger partial charge in [-0.3, -0.25) is 9.78 Å². The Morgan fingerprint density at radius 1 is 1.11 bits per heavy atom. The van der Waals surface area contributed by atoms with Crippen molar-refractivity contribution in [3.05, 3.63) is 53.4 Å². The number of carboxylic acids is 1. The van der Waals surface area contributed by atoms with Crippen molar-refractivity contribution in [3.63, 3.8) is 0 Å². The van der Waals surface area contributed by atoms with Gasteiger partial charge in [0.05, 0.1) is 23.4 Å². The minimum absolute atomic E-state index is 0.0801. The van der Waals surface area contributed by atoms with Crippen molar-refractivity contribution >= 4 is 25.6 Å². The van der Waals surface area contributed by atoms with Gasteiger partial charge in [0, 0.05) is 39.1 Å². The third-order valence-corrected chi connectivity index (χ3v) is 7.88. The average molecular weight is 546 g/mol. The first kappa shape index (κ1) is 28.8. The molecule has 0 aliphatic heterocycles. The highest BCUT2D eigenvalue weighted by Crippen LogP contribution is 2.28. The van der Waals surface area contributed by atoms with Crippen LogP contribution in [0.1, 0.15) is 19.5 Å². The van der Waals surface area contributed by atoms with Gasteiger partial charge in [0.25, 0.3) is 0 Å². The standard InChI is InChI=1S/C27H36ClN3O5Si/c1-27(2,26(32)33)17-36-21-10-7-19(8-11-21)22-12-9-20(15-29-22)25-30-24(28)23(16-34-3)31(25)18-35-13-14-37(4,5)6/h7-12,15H,13-14,16-18H2,1-6H3,(H,32,33). The van der Waals surface area contributed by atoms with Gasteiger partial charge in [-0.1, -0.05) is 31.2 Å². The summed E-state index contributed by atoms with van der Waals surface area (Å²) in [6.45, 7) is 11.6. The fourth-order valence-electron chi connectivity index (χ4n) is 3.37. The summed E-state index contributed by atoms with van der Waals surface area (Å²) in [5.74, 6) is 0.378. The molecule has 2 aromatic heterocycles. The maximum Gasteiger partial charge on any atom is 0.312 e. The van der Waals surface area contributed by atoms with Gasteiger partial charge in [0.2, 0.25) is 0 Å². The van der Waals surface area contributed by atoms with Crippen LogP contribution in [-0.4, -0.2) is 54.0 Å². The quantitative estimate of drug-likeness (QED) is 0.201. The Morgan fingerprint density at radius 2 is 1.78 bits per heavy atom. The number of hydrogen-bond acceptors (Lipinski definition) is 6. The third kappa shape index (κ3) is 7.88. The van der Waals surface area contributed by atoms with Gasteiger partial charge in [-0.05, 0) is 56.3 Å². The van der Waals surface area contributed by atoms with E-state index in [-0.39, 0.29) is 6.61 Å². The molecule has 200 valence electrons. The number of aromatic nitrogens is 3. The monoisotopic (exact) mass is 545 g/mol. The molecule has 37 heavy (non-hydrogen) atoms. The van der Waals surface area contributed by atoms with Crippen LogP contribution in [0.5, 0.6) is 5.75 Å². The number of methoxy groups -OCH3 is 1. The topological polar surface area (TPSA) is 95.7 Å². The van der Waals surface area contributed by atoms with Crippen molar-refractivity contribution in [2.75, 3.05) is 20.3 Å². The Kier molecular flexibility index (Phi) is 9.52. The second-order valence-electron chi connectivity index (χ2n) is 10.8. The van der Waals surface area contributed by atoms with Gasteiger partial charge in [-0.2, -0.15) is 0 Å². The highest BCUT2D eigenvalue weighted by Gasteiger charge is 2.28. The Balaban J connectivity index is 1.75. The van der Waals surface area contributed by atoms with Gasteiger partial charge in [0.1, 0.15) is 24.9 Å². The molecule has 0 spiro atoms. The fourth-order valence-corrected chi connectivity index (χ4v) is 4.36. The highest BCUT2D eigenvalue weighted by molar-refractivity contribution is 6.76. The molecule has 0 saturated heterocycles. The van der Waals surface area contributed by atoms with Crippen molar-refractivity contribution in [3.8, 4) is 28.4 Å². The lowest BCUT2D eigenvalue weighted by molar-refractivity contribution is -0.148. The molecule has 0 fully saturated rings. The molecular weight excluding hydrogens is 510 g/mol. The summed E-state index contributed by atoms with van der Waals surface area (Å²) in [6.07, 6.45) is 1.77. The summed E-state index contributed by atoms with van der Waals surface area (Å²) in [4.78, 5) is 20.5. The zero-order chi connectivity index (χ0) is 27.2. The molecule has 8 nitrogen and oxygen atoms in total. The van der Waals surface area contributed by atoms with E-state index < -0.39 is 19.5 Å². The van der Waals surface area contributed by atoms with Crippen molar-refractivity contribution in [2.24, 2.45) is 5.41 Å². The van der Waals surface area contributed by atoms with E-state index in [4.69, 9.17) is 25.8 Å². The number of rotatable bonds is 13. The second kappa shape index (κ2) is 12.2. The smallest absolute Gasteiger partial charge is 0.312 e. The summed E-state index contributed by atoms with van der Waals surface area (Å²) in [5.41, 5.74) is 2.31. The van der Waals surface area contributed by atoms with E-state index in [1.165, 1.54) is 0 Å². The van der Waals surface area contributed by atoms with Gasteiger partial charge >= 0.3 is 5.97 Å². The molecule has 0 unspecified atom stereocenters. The lowest BCUT2D eigenvalue weighted by atomic mass is 9.95. The summed E-state index contributed by atoms with van der Waals surface area (Å²) >= 11 is 6.45. The maximum atomic E-state index is 11.3. The molecular formula is C27H36ClN3O5Si. The Bertz CT molecular complexity index is 1190. The van der Waals surface area contributed by atoms with Crippen LogP contribution in [0, 0.1) is 5.41 Å². The van der Waals surface area contributed by atoms with Crippen LogP contribution in [0.4, 0.5) is 0 Å². The van der Waals surface area contributed by atoms with Crippen molar-refractivity contribution < 1.29 is 24.1 Å². The number of imidazole rings is 1. The van der Waals surface area contributed by atoms with Gasteiger partial charge in [-0.15, -0.1) is 0 Å². The fraction of sp³-hybridized carbons (Fsp3) is 0.444. The van der Waals surface area contributed by atoms with Crippen LogP contribution in [0.3, 0.4) is 0 Å². The molecule has 3 rings (SSSR count). The van der Waals surface area contributed by atoms with Crippen molar-refractivity contribution in [1.82, 2.24) is 14.5 Å². The second-order valence-corrected chi connectivity index (χ2v) is 16.8. The highest BCUT2D eigenvalue weighted by atomic mass is 35.5. The predicted octanol–water partition coefficient (Wildman–Crippen LogP) is 6.21. The molecule has 0 bridgehead atoms. The first-order chi connectivity index (χ1) is 17.4. The maximum absolute atomic E-state index is 11.3. The minimum Gasteiger partial charge on any atom is -0.492 e. The molecule has 2 heterocycles. The number of ether oxygens (including phenoxy) is 3. The van der Waals surface area contributed by atoms with Crippen LogP contribution in [-0.2, 0) is 27.6 Å². The molecule has 3 aromatic rings. The van der Waals surface area contributed by atoms with E-state index >= 15 is 0 Å². The summed E-state index contributed by atoms with van der Waals surface area (Å²) < 4.78 is 18.9. The molecule has 0 amide bonds. The van der Waals surface area contributed by atoms with Crippen LogP contribution >= 0.6 is 11.6 Å². The minimum atomic E-state index is -1.20. The normalized spacial score (nSPS) is 12.1. The number of carbonyl (C=O) groups is 1. The molecule has 0 saturated carbocycles. The predicted molar refractivity (Wildman–Crippen MR) is 148 cm³/mol. The SMILES string of the molecule is COCc1c(Cl)nc(-c2ccc(-c3ccc(OCC(C)(C)C(=O)O)cc3)nc2)n1COCC[Si](C)(C)C. The third-order valence-electron chi connectivity index (χ3n) is 5.87. The van der Waals surface area contributed by atoms with E-state index in [9.17, 15) is 9.90 Å². The Hall–Kier alpha value is -2.72. The number of aliphatic carboxylic acids is 1. The summed E-state index contributed by atoms with van der Waals surface area (Å²) in [6, 6.07) is 12.4. The number of benzene rings is 1.